The topological polar surface area (TPSA) is 59.6 Å². The van der Waals surface area contributed by atoms with Crippen LogP contribution in [0.5, 0.6) is 11.5 Å². The van der Waals surface area contributed by atoms with Crippen molar-refractivity contribution in [1.29, 1.82) is 0 Å². The molecule has 0 fully saturated rings. The first-order valence-electron chi connectivity index (χ1n) is 7.75. The van der Waals surface area contributed by atoms with Crippen LogP contribution in [0.15, 0.2) is 54.6 Å². The van der Waals surface area contributed by atoms with E-state index in [1.54, 1.807) is 0 Å². The molecule has 1 heterocycles. The van der Waals surface area contributed by atoms with Crippen LogP contribution in [-0.4, -0.2) is 31.8 Å². The van der Waals surface area contributed by atoms with E-state index in [0.717, 1.165) is 11.3 Å². The third-order valence-corrected chi connectivity index (χ3v) is 3.40. The van der Waals surface area contributed by atoms with Gasteiger partial charge in [-0.05, 0) is 24.3 Å². The molecule has 1 unspecified atom stereocenters. The molecule has 2 N–H and O–H groups in total. The third-order valence-electron chi connectivity index (χ3n) is 3.40. The van der Waals surface area contributed by atoms with Crippen LogP contribution in [0.2, 0.25) is 0 Å². The molecule has 3 rings (SSSR count). The van der Waals surface area contributed by atoms with Crippen molar-refractivity contribution >= 4 is 6.03 Å². The van der Waals surface area contributed by atoms with Crippen molar-refractivity contribution in [3.05, 3.63) is 60.2 Å². The summed E-state index contributed by atoms with van der Waals surface area (Å²) in [6, 6.07) is 16.8. The molecule has 2 aromatic rings. The highest BCUT2D eigenvalue weighted by atomic mass is 16.6. The number of para-hydroxylation sites is 2. The molecule has 1 aliphatic heterocycles. The quantitative estimate of drug-likeness (QED) is 0.852. The first-order valence-corrected chi connectivity index (χ1v) is 7.75. The van der Waals surface area contributed by atoms with E-state index in [2.05, 4.69) is 22.5 Å². The molecule has 0 aromatic heterocycles. The molecule has 0 saturated heterocycles. The Labute approximate surface area is 141 Å². The number of hydrogen-bond acceptors (Lipinski definition) is 3. The predicted octanol–water partition coefficient (Wildman–Crippen LogP) is 2.18. The van der Waals surface area contributed by atoms with Gasteiger partial charge in [0, 0.05) is 5.56 Å². The van der Waals surface area contributed by atoms with E-state index in [0.29, 0.717) is 18.9 Å². The average Bonchev–Trinajstić information content (AvgIpc) is 2.64. The number of amides is 2. The minimum atomic E-state index is -0.278. The van der Waals surface area contributed by atoms with Crippen LogP contribution in [0.4, 0.5) is 4.79 Å². The van der Waals surface area contributed by atoms with Gasteiger partial charge in [-0.3, -0.25) is 0 Å². The summed E-state index contributed by atoms with van der Waals surface area (Å²) in [5.74, 6) is 7.31. The molecular formula is C19H18N2O3. The summed E-state index contributed by atoms with van der Waals surface area (Å²) in [5.41, 5.74) is 0.922. The molecule has 2 amide bonds. The Morgan fingerprint density at radius 2 is 1.79 bits per heavy atom. The van der Waals surface area contributed by atoms with Gasteiger partial charge in [0.15, 0.2) is 17.6 Å². The van der Waals surface area contributed by atoms with Crippen LogP contribution in [-0.2, 0) is 0 Å². The molecule has 0 saturated carbocycles. The molecule has 0 spiro atoms. The number of benzene rings is 2. The Hall–Kier alpha value is -3.13. The number of ether oxygens (including phenoxy) is 2. The molecular weight excluding hydrogens is 304 g/mol. The summed E-state index contributed by atoms with van der Waals surface area (Å²) >= 11 is 0. The molecule has 1 atom stereocenters. The van der Waals surface area contributed by atoms with E-state index < -0.39 is 0 Å². The first-order chi connectivity index (χ1) is 11.8. The van der Waals surface area contributed by atoms with Crippen molar-refractivity contribution in [2.24, 2.45) is 0 Å². The fraction of sp³-hybridized carbons (Fsp3) is 0.211. The van der Waals surface area contributed by atoms with E-state index in [1.807, 2.05) is 54.6 Å². The Bertz CT molecular complexity index is 750. The fourth-order valence-corrected chi connectivity index (χ4v) is 2.22. The number of rotatable bonds is 3. The van der Waals surface area contributed by atoms with Crippen molar-refractivity contribution in [3.8, 4) is 23.3 Å². The van der Waals surface area contributed by atoms with Gasteiger partial charge in [0.2, 0.25) is 0 Å². The summed E-state index contributed by atoms with van der Waals surface area (Å²) in [4.78, 5) is 11.8. The number of urea groups is 1. The minimum absolute atomic E-state index is 0.207. The second-order valence-electron chi connectivity index (χ2n) is 5.23. The van der Waals surface area contributed by atoms with Crippen LogP contribution in [0.25, 0.3) is 0 Å². The van der Waals surface area contributed by atoms with Crippen LogP contribution in [0, 0.1) is 11.8 Å². The monoisotopic (exact) mass is 322 g/mol. The van der Waals surface area contributed by atoms with Gasteiger partial charge in [-0.1, -0.05) is 42.2 Å². The van der Waals surface area contributed by atoms with Crippen molar-refractivity contribution in [1.82, 2.24) is 10.6 Å². The van der Waals surface area contributed by atoms with Gasteiger partial charge in [0.25, 0.3) is 0 Å². The summed E-state index contributed by atoms with van der Waals surface area (Å²) in [6.45, 7) is 1.06. The maximum Gasteiger partial charge on any atom is 0.315 e. The van der Waals surface area contributed by atoms with Gasteiger partial charge < -0.3 is 20.1 Å². The summed E-state index contributed by atoms with van der Waals surface area (Å²) in [6.07, 6.45) is -0.207. The maximum absolute atomic E-state index is 11.8. The largest absolute Gasteiger partial charge is 0.486 e. The van der Waals surface area contributed by atoms with Crippen LogP contribution < -0.4 is 20.1 Å². The van der Waals surface area contributed by atoms with Gasteiger partial charge in [-0.2, -0.15) is 0 Å². The van der Waals surface area contributed by atoms with E-state index >= 15 is 0 Å². The Kier molecular flexibility index (Phi) is 5.21. The van der Waals surface area contributed by atoms with E-state index in [1.165, 1.54) is 0 Å². The minimum Gasteiger partial charge on any atom is -0.486 e. The van der Waals surface area contributed by atoms with Crippen molar-refractivity contribution in [3.63, 3.8) is 0 Å². The molecule has 5 heteroatoms. The van der Waals surface area contributed by atoms with Crippen LogP contribution in [0.3, 0.4) is 0 Å². The zero-order valence-electron chi connectivity index (χ0n) is 13.1. The highest BCUT2D eigenvalue weighted by Gasteiger charge is 2.20. The lowest BCUT2D eigenvalue weighted by Gasteiger charge is -2.26. The molecule has 1 aliphatic rings. The van der Waals surface area contributed by atoms with Crippen LogP contribution in [0.1, 0.15) is 5.56 Å². The fourth-order valence-electron chi connectivity index (χ4n) is 2.22. The lowest BCUT2D eigenvalue weighted by Crippen LogP contribution is -2.44. The number of hydrogen-bond donors (Lipinski definition) is 2. The molecule has 0 radical (unpaired) electrons. The molecule has 2 aromatic carbocycles. The van der Waals surface area contributed by atoms with E-state index in [4.69, 9.17) is 9.47 Å². The first kappa shape index (κ1) is 15.8. The lowest BCUT2D eigenvalue weighted by atomic mass is 10.2. The van der Waals surface area contributed by atoms with Crippen molar-refractivity contribution in [2.75, 3.05) is 19.7 Å². The number of nitrogens with one attached hydrogen (secondary N) is 2. The van der Waals surface area contributed by atoms with Gasteiger partial charge >= 0.3 is 6.03 Å². The third kappa shape index (κ3) is 4.43. The molecule has 5 nitrogen and oxygen atoms in total. The molecule has 24 heavy (non-hydrogen) atoms. The summed E-state index contributed by atoms with van der Waals surface area (Å²) in [7, 11) is 0. The number of carbonyl (C=O) groups is 1. The van der Waals surface area contributed by atoms with Gasteiger partial charge in [0.1, 0.15) is 6.61 Å². The normalized spacial score (nSPS) is 14.9. The van der Waals surface area contributed by atoms with Crippen molar-refractivity contribution < 1.29 is 14.3 Å². The summed E-state index contributed by atoms with van der Waals surface area (Å²) < 4.78 is 11.4. The number of carbonyl (C=O) groups excluding carboxylic acids is 1. The van der Waals surface area contributed by atoms with Gasteiger partial charge in [0.05, 0.1) is 13.1 Å². The highest BCUT2D eigenvalue weighted by Crippen LogP contribution is 2.30. The molecule has 0 aliphatic carbocycles. The second kappa shape index (κ2) is 7.93. The highest BCUT2D eigenvalue weighted by molar-refractivity contribution is 5.74. The average molecular weight is 322 g/mol. The van der Waals surface area contributed by atoms with Crippen LogP contribution >= 0.6 is 0 Å². The second-order valence-corrected chi connectivity index (χ2v) is 5.23. The summed E-state index contributed by atoms with van der Waals surface area (Å²) in [5, 5.41) is 5.45. The Morgan fingerprint density at radius 1 is 1.04 bits per heavy atom. The Balaban J connectivity index is 1.38. The SMILES string of the molecule is O=C(NCC#Cc1ccccc1)NCC1COc2ccccc2O1. The van der Waals surface area contributed by atoms with E-state index in [9.17, 15) is 4.79 Å². The molecule has 0 bridgehead atoms. The predicted molar refractivity (Wildman–Crippen MR) is 91.1 cm³/mol. The lowest BCUT2D eigenvalue weighted by molar-refractivity contribution is 0.0918. The number of fused-ring (bicyclic) bond motifs is 1. The smallest absolute Gasteiger partial charge is 0.315 e. The van der Waals surface area contributed by atoms with Gasteiger partial charge in [-0.25, -0.2) is 4.79 Å². The van der Waals surface area contributed by atoms with Gasteiger partial charge in [-0.15, -0.1) is 0 Å². The zero-order valence-corrected chi connectivity index (χ0v) is 13.1. The molecule has 122 valence electrons. The maximum atomic E-state index is 11.8. The standard InChI is InChI=1S/C19H18N2O3/c22-19(20-12-6-9-15-7-2-1-3-8-15)21-13-16-14-23-17-10-4-5-11-18(17)24-16/h1-5,7-8,10-11,16H,12-14H2,(H2,20,21,22). The van der Waals surface area contributed by atoms with Crippen molar-refractivity contribution in [2.45, 2.75) is 6.10 Å². The van der Waals surface area contributed by atoms with E-state index in [-0.39, 0.29) is 18.7 Å². The zero-order chi connectivity index (χ0) is 16.6. The Morgan fingerprint density at radius 3 is 2.62 bits per heavy atom.